The quantitative estimate of drug-likeness (QED) is 0.730. The molecule has 0 saturated heterocycles. The van der Waals surface area contributed by atoms with E-state index in [-0.39, 0.29) is 11.9 Å². The van der Waals surface area contributed by atoms with Crippen molar-refractivity contribution in [2.24, 2.45) is 11.7 Å². The highest BCUT2D eigenvalue weighted by molar-refractivity contribution is 5.76. The topological polar surface area (TPSA) is 73.6 Å². The van der Waals surface area contributed by atoms with Crippen LogP contribution in [-0.4, -0.2) is 32.2 Å². The molecular weight excluding hydrogens is 268 g/mol. The molecule has 0 saturated carbocycles. The first-order valence-electron chi connectivity index (χ1n) is 7.32. The van der Waals surface area contributed by atoms with Crippen molar-refractivity contribution in [3.8, 4) is 11.5 Å². The Bertz CT molecular complexity index is 435. The van der Waals surface area contributed by atoms with Crippen molar-refractivity contribution in [3.63, 3.8) is 0 Å². The number of hydrogen-bond donors (Lipinski definition) is 2. The van der Waals surface area contributed by atoms with E-state index in [0.717, 1.165) is 6.42 Å². The van der Waals surface area contributed by atoms with Gasteiger partial charge in [0.15, 0.2) is 11.5 Å². The van der Waals surface area contributed by atoms with Crippen molar-refractivity contribution >= 4 is 5.91 Å². The third kappa shape index (κ3) is 6.49. The van der Waals surface area contributed by atoms with Crippen molar-refractivity contribution in [3.05, 3.63) is 24.3 Å². The SMILES string of the molecule is COc1ccccc1OCCC(=O)NC(CN)CC(C)C. The van der Waals surface area contributed by atoms with Gasteiger partial charge in [-0.1, -0.05) is 26.0 Å². The molecule has 1 amide bonds. The van der Waals surface area contributed by atoms with Crippen LogP contribution < -0.4 is 20.5 Å². The van der Waals surface area contributed by atoms with Gasteiger partial charge in [-0.2, -0.15) is 0 Å². The first-order valence-corrected chi connectivity index (χ1v) is 7.32. The average molecular weight is 294 g/mol. The van der Waals surface area contributed by atoms with Gasteiger partial charge in [0.05, 0.1) is 20.1 Å². The third-order valence-corrected chi connectivity index (χ3v) is 3.06. The van der Waals surface area contributed by atoms with E-state index in [2.05, 4.69) is 19.2 Å². The molecule has 5 heteroatoms. The van der Waals surface area contributed by atoms with Gasteiger partial charge in [-0.3, -0.25) is 4.79 Å². The molecule has 1 rings (SSSR count). The Labute approximate surface area is 126 Å². The van der Waals surface area contributed by atoms with Crippen LogP contribution in [0, 0.1) is 5.92 Å². The Morgan fingerprint density at radius 3 is 2.52 bits per heavy atom. The molecule has 1 unspecified atom stereocenters. The minimum Gasteiger partial charge on any atom is -0.493 e. The summed E-state index contributed by atoms with van der Waals surface area (Å²) in [5.74, 6) is 1.77. The maximum atomic E-state index is 11.9. The molecule has 0 radical (unpaired) electrons. The largest absolute Gasteiger partial charge is 0.493 e. The van der Waals surface area contributed by atoms with E-state index >= 15 is 0 Å². The van der Waals surface area contributed by atoms with Crippen molar-refractivity contribution in [2.75, 3.05) is 20.3 Å². The number of para-hydroxylation sites is 2. The molecule has 0 heterocycles. The van der Waals surface area contributed by atoms with E-state index in [9.17, 15) is 4.79 Å². The van der Waals surface area contributed by atoms with Gasteiger partial charge in [-0.25, -0.2) is 0 Å². The summed E-state index contributed by atoms with van der Waals surface area (Å²) in [7, 11) is 1.59. The normalized spacial score (nSPS) is 12.0. The molecule has 0 aliphatic carbocycles. The Morgan fingerprint density at radius 1 is 1.29 bits per heavy atom. The second-order valence-corrected chi connectivity index (χ2v) is 5.38. The lowest BCUT2D eigenvalue weighted by atomic mass is 10.0. The Balaban J connectivity index is 2.36. The molecule has 0 aromatic heterocycles. The molecule has 1 aromatic carbocycles. The number of carbonyl (C=O) groups is 1. The molecule has 0 fully saturated rings. The van der Waals surface area contributed by atoms with Gasteiger partial charge in [-0.15, -0.1) is 0 Å². The zero-order valence-corrected chi connectivity index (χ0v) is 13.1. The van der Waals surface area contributed by atoms with Crippen LogP contribution in [-0.2, 0) is 4.79 Å². The van der Waals surface area contributed by atoms with Gasteiger partial charge < -0.3 is 20.5 Å². The van der Waals surface area contributed by atoms with Gasteiger partial charge in [0, 0.05) is 12.6 Å². The predicted molar refractivity (Wildman–Crippen MR) is 83.5 cm³/mol. The summed E-state index contributed by atoms with van der Waals surface area (Å²) in [4.78, 5) is 11.9. The van der Waals surface area contributed by atoms with E-state index in [1.807, 2.05) is 24.3 Å². The third-order valence-electron chi connectivity index (χ3n) is 3.06. The fourth-order valence-electron chi connectivity index (χ4n) is 2.07. The average Bonchev–Trinajstić information content (AvgIpc) is 2.46. The maximum absolute atomic E-state index is 11.9. The van der Waals surface area contributed by atoms with Gasteiger partial charge in [0.2, 0.25) is 5.91 Å². The van der Waals surface area contributed by atoms with Crippen LogP contribution in [0.25, 0.3) is 0 Å². The van der Waals surface area contributed by atoms with Crippen LogP contribution in [0.15, 0.2) is 24.3 Å². The molecule has 5 nitrogen and oxygen atoms in total. The predicted octanol–water partition coefficient (Wildman–Crippen LogP) is 1.95. The van der Waals surface area contributed by atoms with Gasteiger partial charge in [0.25, 0.3) is 0 Å². The minimum absolute atomic E-state index is 0.0313. The lowest BCUT2D eigenvalue weighted by Crippen LogP contribution is -2.41. The summed E-state index contributed by atoms with van der Waals surface area (Å²) >= 11 is 0. The van der Waals surface area contributed by atoms with Gasteiger partial charge >= 0.3 is 0 Å². The number of hydrogen-bond acceptors (Lipinski definition) is 4. The first-order chi connectivity index (χ1) is 10.1. The second-order valence-electron chi connectivity index (χ2n) is 5.38. The van der Waals surface area contributed by atoms with Crippen molar-refractivity contribution in [1.82, 2.24) is 5.32 Å². The lowest BCUT2D eigenvalue weighted by molar-refractivity contribution is -0.122. The number of amides is 1. The summed E-state index contributed by atoms with van der Waals surface area (Å²) in [5, 5.41) is 2.94. The number of carbonyl (C=O) groups excluding carboxylic acids is 1. The van der Waals surface area contributed by atoms with Crippen LogP contribution in [0.3, 0.4) is 0 Å². The fraction of sp³-hybridized carbons (Fsp3) is 0.562. The van der Waals surface area contributed by atoms with E-state index < -0.39 is 0 Å². The molecule has 3 N–H and O–H groups in total. The monoisotopic (exact) mass is 294 g/mol. The summed E-state index contributed by atoms with van der Waals surface area (Å²) in [6.07, 6.45) is 1.18. The Hall–Kier alpha value is -1.75. The smallest absolute Gasteiger partial charge is 0.223 e. The zero-order chi connectivity index (χ0) is 15.7. The molecule has 1 aromatic rings. The molecule has 1 atom stereocenters. The van der Waals surface area contributed by atoms with Crippen molar-refractivity contribution < 1.29 is 14.3 Å². The summed E-state index contributed by atoms with van der Waals surface area (Å²) < 4.78 is 10.8. The molecule has 0 spiro atoms. The summed E-state index contributed by atoms with van der Waals surface area (Å²) in [6.45, 7) is 4.99. The maximum Gasteiger partial charge on any atom is 0.223 e. The van der Waals surface area contributed by atoms with Crippen LogP contribution in [0.2, 0.25) is 0 Å². The highest BCUT2D eigenvalue weighted by Gasteiger charge is 2.12. The van der Waals surface area contributed by atoms with Crippen molar-refractivity contribution in [1.29, 1.82) is 0 Å². The zero-order valence-electron chi connectivity index (χ0n) is 13.1. The molecule has 0 aliphatic rings. The number of methoxy groups -OCH3 is 1. The van der Waals surface area contributed by atoms with Gasteiger partial charge in [0.1, 0.15) is 0 Å². The fourth-order valence-corrected chi connectivity index (χ4v) is 2.07. The summed E-state index contributed by atoms with van der Waals surface area (Å²) in [6, 6.07) is 7.41. The van der Waals surface area contributed by atoms with Crippen LogP contribution >= 0.6 is 0 Å². The highest BCUT2D eigenvalue weighted by atomic mass is 16.5. The van der Waals surface area contributed by atoms with Crippen molar-refractivity contribution in [2.45, 2.75) is 32.7 Å². The van der Waals surface area contributed by atoms with E-state index in [1.165, 1.54) is 0 Å². The Morgan fingerprint density at radius 2 is 1.95 bits per heavy atom. The van der Waals surface area contributed by atoms with Gasteiger partial charge in [-0.05, 0) is 24.5 Å². The molecule has 0 aliphatic heterocycles. The molecule has 118 valence electrons. The van der Waals surface area contributed by atoms with E-state index in [0.29, 0.717) is 37.0 Å². The molecule has 0 bridgehead atoms. The Kier molecular flexibility index (Phi) is 7.61. The molecule has 21 heavy (non-hydrogen) atoms. The van der Waals surface area contributed by atoms with E-state index in [4.69, 9.17) is 15.2 Å². The number of ether oxygens (including phenoxy) is 2. The standard InChI is InChI=1S/C16H26N2O3/c1-12(2)10-13(11-17)18-16(19)8-9-21-15-7-5-4-6-14(15)20-3/h4-7,12-13H,8-11,17H2,1-3H3,(H,18,19). The molecular formula is C16H26N2O3. The first kappa shape index (κ1) is 17.3. The number of rotatable bonds is 9. The van der Waals surface area contributed by atoms with Crippen LogP contribution in [0.5, 0.6) is 11.5 Å². The number of nitrogens with two attached hydrogens (primary N) is 1. The second kappa shape index (κ2) is 9.23. The minimum atomic E-state index is -0.0407. The highest BCUT2D eigenvalue weighted by Crippen LogP contribution is 2.25. The van der Waals surface area contributed by atoms with Crippen LogP contribution in [0.4, 0.5) is 0 Å². The van der Waals surface area contributed by atoms with E-state index in [1.54, 1.807) is 7.11 Å². The number of nitrogens with one attached hydrogen (secondary N) is 1. The van der Waals surface area contributed by atoms with Crippen LogP contribution in [0.1, 0.15) is 26.7 Å². The summed E-state index contributed by atoms with van der Waals surface area (Å²) in [5.41, 5.74) is 5.66. The lowest BCUT2D eigenvalue weighted by Gasteiger charge is -2.19. The number of benzene rings is 1.